The van der Waals surface area contributed by atoms with Gasteiger partial charge in [-0.05, 0) is 6.42 Å². The van der Waals surface area contributed by atoms with Crippen molar-refractivity contribution in [3.05, 3.63) is 12.2 Å². The number of esters is 1. The van der Waals surface area contributed by atoms with E-state index in [0.29, 0.717) is 6.61 Å². The third-order valence-corrected chi connectivity index (χ3v) is 12.8. The fourth-order valence-corrected chi connectivity index (χ4v) is 11.6. The van der Waals surface area contributed by atoms with Gasteiger partial charge >= 0.3 is 104 Å². The van der Waals surface area contributed by atoms with Gasteiger partial charge in [-0.25, -0.2) is 9.59 Å². The van der Waals surface area contributed by atoms with Crippen molar-refractivity contribution in [2.45, 2.75) is 92.4 Å². The fraction of sp³-hybridized carbons (Fsp3) is 0.800. The molecule has 0 spiro atoms. The van der Waals surface area contributed by atoms with Crippen LogP contribution in [0.25, 0.3) is 0 Å². The van der Waals surface area contributed by atoms with Crippen LogP contribution < -0.4 is 0 Å². The van der Waals surface area contributed by atoms with Gasteiger partial charge in [0, 0.05) is 12.2 Å². The van der Waals surface area contributed by atoms with E-state index >= 15 is 0 Å². The van der Waals surface area contributed by atoms with Gasteiger partial charge in [-0.1, -0.05) is 13.3 Å². The van der Waals surface area contributed by atoms with E-state index in [4.69, 9.17) is 5.11 Å². The number of hydrogen-bond donors (Lipinski definition) is 1. The first-order valence-corrected chi connectivity index (χ1v) is 16.0. The molecule has 0 aliphatic carbocycles. The third kappa shape index (κ3) is 23.5. The summed E-state index contributed by atoms with van der Waals surface area (Å²) in [7, 11) is 0. The summed E-state index contributed by atoms with van der Waals surface area (Å²) in [5, 5.41) is 8.14. The van der Waals surface area contributed by atoms with E-state index in [2.05, 4.69) is 25.5 Å². The van der Waals surface area contributed by atoms with E-state index in [9.17, 15) is 9.59 Å². The maximum atomic E-state index is 10.6. The van der Waals surface area contributed by atoms with Crippen molar-refractivity contribution in [3.63, 3.8) is 0 Å². The first-order chi connectivity index (χ1) is 12.0. The van der Waals surface area contributed by atoms with E-state index in [0.717, 1.165) is 25.0 Å². The average Bonchev–Trinajstić information content (AvgIpc) is 2.60. The Labute approximate surface area is 162 Å². The van der Waals surface area contributed by atoms with Crippen LogP contribution in [0.4, 0.5) is 0 Å². The molecule has 0 aromatic rings. The Balaban J connectivity index is 0. The van der Waals surface area contributed by atoms with Crippen LogP contribution in [0.1, 0.15) is 79.1 Å². The number of carboxylic acids is 1. The standard InChI is InChI=1S/C8H12O4.3C4H9.Sn/c1-2-3-6-12-8(11)5-4-7(9)10;3*1-3-4-2;/h4-5H,2-3,6H2,1H3,(H,9,10);3*1,3-4H2,2H3;/b5-4-;;;;. The molecule has 0 saturated carbocycles. The molecule has 0 saturated heterocycles. The molecule has 1 N–H and O–H groups in total. The number of hydrogen-bond acceptors (Lipinski definition) is 3. The number of carbonyl (C=O) groups excluding carboxylic acids is 1. The summed E-state index contributed by atoms with van der Waals surface area (Å²) in [5.41, 5.74) is 0. The van der Waals surface area contributed by atoms with Crippen molar-refractivity contribution < 1.29 is 19.4 Å². The van der Waals surface area contributed by atoms with Gasteiger partial charge in [0.05, 0.1) is 6.61 Å². The van der Waals surface area contributed by atoms with Crippen LogP contribution in [0, 0.1) is 0 Å². The summed E-state index contributed by atoms with van der Waals surface area (Å²) in [4.78, 5) is 20.6. The first-order valence-electron chi connectivity index (χ1n) is 9.92. The molecule has 0 rings (SSSR count). The molecule has 147 valence electrons. The zero-order chi connectivity index (χ0) is 19.3. The molecule has 0 heterocycles. The predicted molar refractivity (Wildman–Crippen MR) is 108 cm³/mol. The number of carbonyl (C=O) groups is 2. The van der Waals surface area contributed by atoms with Crippen molar-refractivity contribution in [3.8, 4) is 0 Å². The summed E-state index contributed by atoms with van der Waals surface area (Å²) >= 11 is -0.839. The summed E-state index contributed by atoms with van der Waals surface area (Å²) < 4.78 is 9.68. The summed E-state index contributed by atoms with van der Waals surface area (Å²) in [5.74, 6) is -1.76. The number of unbranched alkanes of at least 4 members (excludes halogenated alkanes) is 4. The third-order valence-electron chi connectivity index (χ3n) is 3.76. The van der Waals surface area contributed by atoms with Gasteiger partial charge in [0.2, 0.25) is 0 Å². The Hall–Kier alpha value is -0.521. The van der Waals surface area contributed by atoms with Crippen molar-refractivity contribution in [2.75, 3.05) is 6.61 Å². The molecule has 0 atom stereocenters. The van der Waals surface area contributed by atoms with Crippen molar-refractivity contribution in [1.29, 1.82) is 0 Å². The van der Waals surface area contributed by atoms with Crippen molar-refractivity contribution in [2.24, 2.45) is 0 Å². The second-order valence-electron chi connectivity index (χ2n) is 6.25. The van der Waals surface area contributed by atoms with Gasteiger partial charge in [0.15, 0.2) is 0 Å². The normalized spacial score (nSPS) is 10.6. The minimum absolute atomic E-state index is 0.347. The Morgan fingerprint density at radius 2 is 1.24 bits per heavy atom. The molecule has 25 heavy (non-hydrogen) atoms. The predicted octanol–water partition coefficient (Wildman–Crippen LogP) is 5.85. The molecular weight excluding hydrogens is 423 g/mol. The first kappa shape index (κ1) is 26.7. The SMILES string of the molecule is CCCCOC(=O)/C=C\C(=O)O.CCC[CH2][Sn]([CH2]CCC)[CH2]CCC. The molecule has 0 aromatic carbocycles. The molecule has 0 amide bonds. The van der Waals surface area contributed by atoms with E-state index in [-0.39, 0.29) is 0 Å². The molecule has 0 aliphatic rings. The molecular formula is C20H39O4Sn. The molecule has 1 radical (unpaired) electrons. The summed E-state index contributed by atoms with van der Waals surface area (Å²) in [6.07, 6.45) is 12.2. The Morgan fingerprint density at radius 1 is 0.800 bits per heavy atom. The van der Waals surface area contributed by atoms with Crippen LogP contribution in [0.3, 0.4) is 0 Å². The Morgan fingerprint density at radius 3 is 1.60 bits per heavy atom. The van der Waals surface area contributed by atoms with Crippen molar-refractivity contribution >= 4 is 31.7 Å². The zero-order valence-electron chi connectivity index (χ0n) is 16.8. The van der Waals surface area contributed by atoms with Crippen LogP contribution in [0.2, 0.25) is 13.3 Å². The van der Waals surface area contributed by atoms with Gasteiger partial charge < -0.3 is 9.84 Å². The zero-order valence-corrected chi connectivity index (χ0v) is 19.7. The quantitative estimate of drug-likeness (QED) is 0.152. The number of rotatable bonds is 14. The Bertz CT molecular complexity index is 324. The molecule has 5 heteroatoms. The number of aliphatic carboxylic acids is 1. The Kier molecular flexibility index (Phi) is 23.0. The molecule has 0 fully saturated rings. The van der Waals surface area contributed by atoms with E-state index in [1.54, 1.807) is 13.3 Å². The topological polar surface area (TPSA) is 63.6 Å². The monoisotopic (exact) mass is 463 g/mol. The van der Waals surface area contributed by atoms with E-state index in [1.165, 1.54) is 38.5 Å². The molecule has 0 bridgehead atoms. The second kappa shape index (κ2) is 21.5. The molecule has 0 unspecified atom stereocenters. The molecule has 4 nitrogen and oxygen atoms in total. The van der Waals surface area contributed by atoms with Crippen LogP contribution >= 0.6 is 0 Å². The van der Waals surface area contributed by atoms with E-state index in [1.807, 2.05) is 6.92 Å². The maximum absolute atomic E-state index is 10.6. The molecule has 0 aromatic heterocycles. The van der Waals surface area contributed by atoms with Gasteiger partial charge in [0.1, 0.15) is 0 Å². The van der Waals surface area contributed by atoms with Crippen LogP contribution in [-0.2, 0) is 14.3 Å². The van der Waals surface area contributed by atoms with Crippen molar-refractivity contribution in [1.82, 2.24) is 0 Å². The molecule has 0 aliphatic heterocycles. The number of ether oxygens (including phenoxy) is 1. The van der Waals surface area contributed by atoms with Gasteiger partial charge in [-0.2, -0.15) is 0 Å². The minimum atomic E-state index is -1.15. The fourth-order valence-electron chi connectivity index (χ4n) is 2.16. The van der Waals surface area contributed by atoms with Crippen LogP contribution in [0.5, 0.6) is 0 Å². The van der Waals surface area contributed by atoms with Crippen LogP contribution in [-0.4, -0.2) is 43.4 Å². The van der Waals surface area contributed by atoms with Crippen LogP contribution in [0.15, 0.2) is 12.2 Å². The second-order valence-corrected chi connectivity index (χ2v) is 14.8. The van der Waals surface area contributed by atoms with E-state index < -0.39 is 31.7 Å². The number of carboxylic acid groups (broad SMARTS) is 1. The summed E-state index contributed by atoms with van der Waals surface area (Å²) in [6, 6.07) is 0. The summed E-state index contributed by atoms with van der Waals surface area (Å²) in [6.45, 7) is 9.32. The average molecular weight is 462 g/mol. The van der Waals surface area contributed by atoms with Gasteiger partial charge in [-0.15, -0.1) is 0 Å². The van der Waals surface area contributed by atoms with Gasteiger partial charge in [0.25, 0.3) is 0 Å². The van der Waals surface area contributed by atoms with Gasteiger partial charge in [-0.3, -0.25) is 0 Å².